The first-order chi connectivity index (χ1) is 8.41. The molecule has 0 aliphatic carbocycles. The topological polar surface area (TPSA) is 24.4 Å². The number of benzene rings is 1. The average Bonchev–Trinajstić information content (AvgIpc) is 2.66. The predicted molar refractivity (Wildman–Crippen MR) is 65.5 cm³/mol. The molecule has 1 aromatic carbocycles. The number of hydrogen-bond donors (Lipinski definition) is 1. The van der Waals surface area contributed by atoms with E-state index in [-0.39, 0.29) is 0 Å². The van der Waals surface area contributed by atoms with Crippen molar-refractivity contribution in [2.45, 2.75) is 25.9 Å². The molecule has 98 valence electrons. The lowest BCUT2D eigenvalue weighted by Crippen LogP contribution is -2.14. The molecule has 0 amide bonds. The van der Waals surface area contributed by atoms with Crippen LogP contribution in [0.4, 0.5) is 18.9 Å². The van der Waals surface area contributed by atoms with Gasteiger partial charge in [0, 0.05) is 18.7 Å². The van der Waals surface area contributed by atoms with Gasteiger partial charge in [-0.2, -0.15) is 13.2 Å². The van der Waals surface area contributed by atoms with E-state index in [0.717, 1.165) is 12.3 Å². The van der Waals surface area contributed by atoms with Crippen molar-refractivity contribution in [3.05, 3.63) is 28.8 Å². The standard InChI is InChI=1S/C13H15F3N2/c1-8-5-11(13(14,15)16)10-7-9(3-4-17-2)18-12(10)6-8/h5-6,17H,3-4,7H2,1-2H3. The van der Waals surface area contributed by atoms with Gasteiger partial charge in [-0.15, -0.1) is 0 Å². The molecule has 0 saturated heterocycles. The number of alkyl halides is 3. The zero-order chi connectivity index (χ0) is 13.3. The third-order valence-corrected chi connectivity index (χ3v) is 3.00. The number of aliphatic imine (C=N–C) groups is 1. The third-order valence-electron chi connectivity index (χ3n) is 3.00. The summed E-state index contributed by atoms with van der Waals surface area (Å²) < 4.78 is 38.8. The van der Waals surface area contributed by atoms with E-state index < -0.39 is 11.7 Å². The van der Waals surface area contributed by atoms with Gasteiger partial charge in [-0.05, 0) is 43.7 Å². The van der Waals surface area contributed by atoms with Crippen molar-refractivity contribution in [1.29, 1.82) is 0 Å². The van der Waals surface area contributed by atoms with Crippen molar-refractivity contribution >= 4 is 11.4 Å². The number of nitrogens with zero attached hydrogens (tertiary/aromatic N) is 1. The Morgan fingerprint density at radius 1 is 1.33 bits per heavy atom. The van der Waals surface area contributed by atoms with Gasteiger partial charge >= 0.3 is 6.18 Å². The smallest absolute Gasteiger partial charge is 0.319 e. The van der Waals surface area contributed by atoms with Crippen LogP contribution in [-0.4, -0.2) is 19.3 Å². The van der Waals surface area contributed by atoms with Crippen LogP contribution in [0.15, 0.2) is 17.1 Å². The fraction of sp³-hybridized carbons (Fsp3) is 0.462. The second-order valence-corrected chi connectivity index (χ2v) is 4.52. The number of aryl methyl sites for hydroxylation is 1. The Balaban J connectivity index is 2.35. The number of halogens is 3. The van der Waals surface area contributed by atoms with E-state index >= 15 is 0 Å². The van der Waals surface area contributed by atoms with Gasteiger partial charge in [0.25, 0.3) is 0 Å². The predicted octanol–water partition coefficient (Wildman–Crippen LogP) is 3.25. The summed E-state index contributed by atoms with van der Waals surface area (Å²) >= 11 is 0. The van der Waals surface area contributed by atoms with E-state index in [1.165, 1.54) is 6.07 Å². The molecular weight excluding hydrogens is 241 g/mol. The van der Waals surface area contributed by atoms with Crippen LogP contribution in [0.2, 0.25) is 0 Å². The maximum absolute atomic E-state index is 12.9. The van der Waals surface area contributed by atoms with Gasteiger partial charge < -0.3 is 5.32 Å². The SMILES string of the molecule is CNCCC1=Nc2cc(C)cc(C(F)(F)F)c2C1. The number of fused-ring (bicyclic) bond motifs is 1. The zero-order valence-electron chi connectivity index (χ0n) is 10.4. The molecule has 0 unspecified atom stereocenters. The molecule has 2 nitrogen and oxygen atoms in total. The fourth-order valence-electron chi connectivity index (χ4n) is 2.16. The largest absolute Gasteiger partial charge is 0.416 e. The van der Waals surface area contributed by atoms with Crippen LogP contribution in [0.5, 0.6) is 0 Å². The monoisotopic (exact) mass is 256 g/mol. The lowest BCUT2D eigenvalue weighted by atomic mass is 9.99. The highest BCUT2D eigenvalue weighted by Crippen LogP contribution is 2.40. The van der Waals surface area contributed by atoms with Gasteiger partial charge in [-0.1, -0.05) is 0 Å². The molecule has 0 spiro atoms. The highest BCUT2D eigenvalue weighted by atomic mass is 19.4. The molecule has 2 rings (SSSR count). The number of hydrogen-bond acceptors (Lipinski definition) is 2. The Kier molecular flexibility index (Phi) is 3.43. The van der Waals surface area contributed by atoms with E-state index in [0.29, 0.717) is 29.7 Å². The molecule has 0 radical (unpaired) electrons. The third kappa shape index (κ3) is 2.56. The minimum absolute atomic E-state index is 0.312. The van der Waals surface area contributed by atoms with Crippen LogP contribution in [-0.2, 0) is 12.6 Å². The van der Waals surface area contributed by atoms with Gasteiger partial charge in [0.2, 0.25) is 0 Å². The quantitative estimate of drug-likeness (QED) is 0.882. The highest BCUT2D eigenvalue weighted by Gasteiger charge is 2.36. The fourth-order valence-corrected chi connectivity index (χ4v) is 2.16. The molecule has 1 heterocycles. The van der Waals surface area contributed by atoms with Crippen molar-refractivity contribution in [3.8, 4) is 0 Å². The maximum atomic E-state index is 12.9. The van der Waals surface area contributed by atoms with E-state index in [9.17, 15) is 13.2 Å². The molecule has 0 saturated carbocycles. The number of nitrogens with one attached hydrogen (secondary N) is 1. The average molecular weight is 256 g/mol. The lowest BCUT2D eigenvalue weighted by molar-refractivity contribution is -0.138. The van der Waals surface area contributed by atoms with Crippen LogP contribution in [0.25, 0.3) is 0 Å². The lowest BCUT2D eigenvalue weighted by Gasteiger charge is -2.12. The minimum Gasteiger partial charge on any atom is -0.319 e. The summed E-state index contributed by atoms with van der Waals surface area (Å²) in [5.41, 5.74) is 1.67. The molecule has 1 aliphatic rings. The molecular formula is C13H15F3N2. The molecule has 1 N–H and O–H groups in total. The van der Waals surface area contributed by atoms with Gasteiger partial charge in [-0.25, -0.2) is 0 Å². The van der Waals surface area contributed by atoms with E-state index in [1.807, 2.05) is 7.05 Å². The Morgan fingerprint density at radius 2 is 2.06 bits per heavy atom. The van der Waals surface area contributed by atoms with Crippen molar-refractivity contribution in [2.24, 2.45) is 4.99 Å². The molecule has 0 bridgehead atoms. The minimum atomic E-state index is -4.30. The first-order valence-corrected chi connectivity index (χ1v) is 5.83. The Hall–Kier alpha value is -1.36. The molecule has 1 aliphatic heterocycles. The first-order valence-electron chi connectivity index (χ1n) is 5.83. The van der Waals surface area contributed by atoms with Crippen LogP contribution < -0.4 is 5.32 Å². The Morgan fingerprint density at radius 3 is 2.67 bits per heavy atom. The summed E-state index contributed by atoms with van der Waals surface area (Å²) in [6.45, 7) is 2.39. The zero-order valence-corrected chi connectivity index (χ0v) is 10.4. The van der Waals surface area contributed by atoms with Gasteiger partial charge in [-0.3, -0.25) is 4.99 Å². The molecule has 1 aromatic rings. The van der Waals surface area contributed by atoms with Crippen LogP contribution in [0, 0.1) is 6.92 Å². The highest BCUT2D eigenvalue weighted by molar-refractivity contribution is 5.94. The van der Waals surface area contributed by atoms with Gasteiger partial charge in [0.05, 0.1) is 11.3 Å². The van der Waals surface area contributed by atoms with E-state index in [1.54, 1.807) is 13.0 Å². The van der Waals surface area contributed by atoms with Gasteiger partial charge in [0.1, 0.15) is 0 Å². The van der Waals surface area contributed by atoms with Crippen molar-refractivity contribution in [2.75, 3.05) is 13.6 Å². The van der Waals surface area contributed by atoms with Crippen LogP contribution in [0.1, 0.15) is 23.1 Å². The van der Waals surface area contributed by atoms with Gasteiger partial charge in [0.15, 0.2) is 0 Å². The van der Waals surface area contributed by atoms with Crippen molar-refractivity contribution in [1.82, 2.24) is 5.32 Å². The molecule has 0 aromatic heterocycles. The van der Waals surface area contributed by atoms with E-state index in [2.05, 4.69) is 10.3 Å². The molecule has 0 atom stereocenters. The first kappa shape index (κ1) is 13.1. The Labute approximate surface area is 104 Å². The van der Waals surface area contributed by atoms with Crippen molar-refractivity contribution in [3.63, 3.8) is 0 Å². The van der Waals surface area contributed by atoms with Crippen LogP contribution >= 0.6 is 0 Å². The second-order valence-electron chi connectivity index (χ2n) is 4.52. The molecule has 0 fully saturated rings. The summed E-state index contributed by atoms with van der Waals surface area (Å²) in [4.78, 5) is 4.30. The summed E-state index contributed by atoms with van der Waals surface area (Å²) in [5, 5.41) is 2.97. The summed E-state index contributed by atoms with van der Waals surface area (Å²) in [5.74, 6) is 0. The normalized spacial score (nSPS) is 14.6. The summed E-state index contributed by atoms with van der Waals surface area (Å²) in [7, 11) is 1.81. The number of rotatable bonds is 3. The molecule has 18 heavy (non-hydrogen) atoms. The second kappa shape index (κ2) is 4.72. The maximum Gasteiger partial charge on any atom is 0.416 e. The van der Waals surface area contributed by atoms with E-state index in [4.69, 9.17) is 0 Å². The summed E-state index contributed by atoms with van der Waals surface area (Å²) in [6.07, 6.45) is -3.31. The Bertz CT molecular complexity index is 490. The van der Waals surface area contributed by atoms with Crippen molar-refractivity contribution < 1.29 is 13.2 Å². The summed E-state index contributed by atoms with van der Waals surface area (Å²) in [6, 6.07) is 2.92. The van der Waals surface area contributed by atoms with Crippen LogP contribution in [0.3, 0.4) is 0 Å². The molecule has 5 heteroatoms.